The molecule has 0 aliphatic rings. The molecule has 0 aliphatic carbocycles. The minimum atomic E-state index is -0.216. The van der Waals surface area contributed by atoms with Crippen molar-refractivity contribution in [3.05, 3.63) is 35.5 Å². The maximum Gasteiger partial charge on any atom is 0.128 e. The highest BCUT2D eigenvalue weighted by molar-refractivity contribution is 5.19. The molecule has 2 aromatic rings. The fraction of sp³-hybridized carbons (Fsp3) is 0.500. The summed E-state index contributed by atoms with van der Waals surface area (Å²) in [7, 11) is 0. The van der Waals surface area contributed by atoms with Crippen molar-refractivity contribution < 1.29 is 4.42 Å². The van der Waals surface area contributed by atoms with E-state index in [2.05, 4.69) is 29.6 Å². The first-order valence-corrected chi connectivity index (χ1v) is 6.23. The van der Waals surface area contributed by atoms with Gasteiger partial charge < -0.3 is 4.42 Å². The van der Waals surface area contributed by atoms with E-state index in [1.54, 1.807) is 6.20 Å². The van der Waals surface area contributed by atoms with Crippen molar-refractivity contribution in [3.63, 3.8) is 0 Å². The lowest BCUT2D eigenvalue weighted by atomic mass is 10.2. The molecule has 3 N–H and O–H groups in total. The van der Waals surface area contributed by atoms with E-state index in [0.717, 1.165) is 36.6 Å². The molecule has 0 spiro atoms. The van der Waals surface area contributed by atoms with Gasteiger partial charge in [0, 0.05) is 13.0 Å². The Morgan fingerprint density at radius 3 is 2.89 bits per heavy atom. The van der Waals surface area contributed by atoms with Gasteiger partial charge in [-0.25, -0.2) is 10.1 Å². The number of hydrogen-bond acceptors (Lipinski definition) is 5. The van der Waals surface area contributed by atoms with Gasteiger partial charge in [-0.05, 0) is 18.6 Å². The quantitative estimate of drug-likeness (QED) is 0.597. The standard InChI is InChI=1S/C12H19N5O/c1-3-7-17-10(8-14-16-17)12(15-13)11-6-5-9(4-2)18-11/h5-6,8,12,15H,3-4,7,13H2,1-2H3. The zero-order valence-corrected chi connectivity index (χ0v) is 10.8. The highest BCUT2D eigenvalue weighted by atomic mass is 16.3. The van der Waals surface area contributed by atoms with Crippen LogP contribution in [0.2, 0.25) is 0 Å². The van der Waals surface area contributed by atoms with Gasteiger partial charge in [-0.3, -0.25) is 5.84 Å². The molecular formula is C12H19N5O. The lowest BCUT2D eigenvalue weighted by Crippen LogP contribution is -2.30. The molecule has 18 heavy (non-hydrogen) atoms. The number of hydrogen-bond donors (Lipinski definition) is 2. The average molecular weight is 249 g/mol. The normalized spacial score (nSPS) is 12.8. The molecule has 1 atom stereocenters. The van der Waals surface area contributed by atoms with Crippen LogP contribution < -0.4 is 11.3 Å². The summed E-state index contributed by atoms with van der Waals surface area (Å²) in [5, 5.41) is 7.99. The van der Waals surface area contributed by atoms with Gasteiger partial charge in [-0.15, -0.1) is 5.10 Å². The number of rotatable bonds is 6. The largest absolute Gasteiger partial charge is 0.464 e. The molecule has 6 nitrogen and oxygen atoms in total. The maximum absolute atomic E-state index is 5.73. The molecule has 0 fully saturated rings. The van der Waals surface area contributed by atoms with Crippen LogP contribution in [0.5, 0.6) is 0 Å². The summed E-state index contributed by atoms with van der Waals surface area (Å²) < 4.78 is 7.58. The summed E-state index contributed by atoms with van der Waals surface area (Å²) in [6.45, 7) is 4.96. The van der Waals surface area contributed by atoms with E-state index >= 15 is 0 Å². The number of aromatic nitrogens is 3. The second kappa shape index (κ2) is 5.79. The van der Waals surface area contributed by atoms with Gasteiger partial charge in [-0.1, -0.05) is 19.1 Å². The molecule has 0 saturated carbocycles. The minimum Gasteiger partial charge on any atom is -0.464 e. The highest BCUT2D eigenvalue weighted by Crippen LogP contribution is 2.23. The van der Waals surface area contributed by atoms with Gasteiger partial charge in [0.15, 0.2) is 0 Å². The van der Waals surface area contributed by atoms with Crippen molar-refractivity contribution in [2.45, 2.75) is 39.3 Å². The van der Waals surface area contributed by atoms with Crippen LogP contribution in [-0.4, -0.2) is 15.0 Å². The summed E-state index contributed by atoms with van der Waals surface area (Å²) in [5.74, 6) is 7.36. The lowest BCUT2D eigenvalue weighted by Gasteiger charge is -2.14. The lowest BCUT2D eigenvalue weighted by molar-refractivity contribution is 0.408. The van der Waals surface area contributed by atoms with E-state index in [0.29, 0.717) is 0 Å². The van der Waals surface area contributed by atoms with Crippen LogP contribution in [0.25, 0.3) is 0 Å². The number of nitrogens with one attached hydrogen (secondary N) is 1. The number of aryl methyl sites for hydroxylation is 2. The molecule has 98 valence electrons. The summed E-state index contributed by atoms with van der Waals surface area (Å²) >= 11 is 0. The van der Waals surface area contributed by atoms with Crippen LogP contribution in [-0.2, 0) is 13.0 Å². The van der Waals surface area contributed by atoms with E-state index in [1.165, 1.54) is 0 Å². The van der Waals surface area contributed by atoms with Crippen LogP contribution in [0.15, 0.2) is 22.7 Å². The molecular weight excluding hydrogens is 230 g/mol. The van der Waals surface area contributed by atoms with Crippen LogP contribution in [0.1, 0.15) is 43.5 Å². The number of hydrazine groups is 1. The van der Waals surface area contributed by atoms with E-state index < -0.39 is 0 Å². The molecule has 2 heterocycles. The third-order valence-electron chi connectivity index (χ3n) is 2.86. The SMILES string of the molecule is CCCn1nncc1C(NN)c1ccc(CC)o1. The molecule has 2 rings (SSSR count). The molecule has 2 aromatic heterocycles. The van der Waals surface area contributed by atoms with Crippen molar-refractivity contribution in [1.82, 2.24) is 20.4 Å². The first-order valence-electron chi connectivity index (χ1n) is 6.23. The highest BCUT2D eigenvalue weighted by Gasteiger charge is 2.20. The summed E-state index contributed by atoms with van der Waals surface area (Å²) in [5.41, 5.74) is 3.68. The second-order valence-electron chi connectivity index (χ2n) is 4.14. The van der Waals surface area contributed by atoms with Crippen molar-refractivity contribution >= 4 is 0 Å². The maximum atomic E-state index is 5.73. The molecule has 0 bridgehead atoms. The Hall–Kier alpha value is -1.66. The van der Waals surface area contributed by atoms with Crippen LogP contribution in [0.4, 0.5) is 0 Å². The summed E-state index contributed by atoms with van der Waals surface area (Å²) in [6, 6.07) is 3.69. The number of nitrogens with zero attached hydrogens (tertiary/aromatic N) is 3. The zero-order chi connectivity index (χ0) is 13.0. The predicted molar refractivity (Wildman–Crippen MR) is 67.6 cm³/mol. The van der Waals surface area contributed by atoms with Crippen molar-refractivity contribution in [1.29, 1.82) is 0 Å². The van der Waals surface area contributed by atoms with Gasteiger partial charge in [0.05, 0.1) is 11.9 Å². The monoisotopic (exact) mass is 249 g/mol. The predicted octanol–water partition coefficient (Wildman–Crippen LogP) is 1.40. The third-order valence-corrected chi connectivity index (χ3v) is 2.86. The van der Waals surface area contributed by atoms with Crippen LogP contribution >= 0.6 is 0 Å². The molecule has 0 saturated heterocycles. The molecule has 0 aromatic carbocycles. The van der Waals surface area contributed by atoms with Gasteiger partial charge in [-0.2, -0.15) is 0 Å². The van der Waals surface area contributed by atoms with E-state index in [4.69, 9.17) is 10.3 Å². The number of furan rings is 1. The molecule has 0 aliphatic heterocycles. The number of nitrogens with two attached hydrogens (primary N) is 1. The van der Waals surface area contributed by atoms with Crippen molar-refractivity contribution in [3.8, 4) is 0 Å². The van der Waals surface area contributed by atoms with E-state index in [9.17, 15) is 0 Å². The Balaban J connectivity index is 2.29. The molecule has 0 amide bonds. The summed E-state index contributed by atoms with van der Waals surface area (Å²) in [4.78, 5) is 0. The van der Waals surface area contributed by atoms with Gasteiger partial charge in [0.1, 0.15) is 17.6 Å². The smallest absolute Gasteiger partial charge is 0.128 e. The van der Waals surface area contributed by atoms with Gasteiger partial charge >= 0.3 is 0 Å². The zero-order valence-electron chi connectivity index (χ0n) is 10.8. The molecule has 1 unspecified atom stereocenters. The van der Waals surface area contributed by atoms with Crippen molar-refractivity contribution in [2.24, 2.45) is 5.84 Å². The Bertz CT molecular complexity index is 490. The van der Waals surface area contributed by atoms with E-state index in [1.807, 2.05) is 16.8 Å². The molecule has 0 radical (unpaired) electrons. The minimum absolute atomic E-state index is 0.216. The fourth-order valence-corrected chi connectivity index (χ4v) is 1.93. The fourth-order valence-electron chi connectivity index (χ4n) is 1.93. The second-order valence-corrected chi connectivity index (χ2v) is 4.14. The van der Waals surface area contributed by atoms with Gasteiger partial charge in [0.25, 0.3) is 0 Å². The third kappa shape index (κ3) is 2.44. The Kier molecular flexibility index (Phi) is 4.11. The van der Waals surface area contributed by atoms with E-state index in [-0.39, 0.29) is 6.04 Å². The van der Waals surface area contributed by atoms with Crippen LogP contribution in [0.3, 0.4) is 0 Å². The first-order chi connectivity index (χ1) is 8.80. The summed E-state index contributed by atoms with van der Waals surface area (Å²) in [6.07, 6.45) is 3.57. The Morgan fingerprint density at radius 1 is 1.44 bits per heavy atom. The van der Waals surface area contributed by atoms with Crippen molar-refractivity contribution in [2.75, 3.05) is 0 Å². The Labute approximate surface area is 106 Å². The molecule has 6 heteroatoms. The topological polar surface area (TPSA) is 81.9 Å². The van der Waals surface area contributed by atoms with Crippen LogP contribution in [0, 0.1) is 0 Å². The average Bonchev–Trinajstić information content (AvgIpc) is 3.01. The van der Waals surface area contributed by atoms with Gasteiger partial charge in [0.2, 0.25) is 0 Å². The first kappa shape index (κ1) is 12.8. The Morgan fingerprint density at radius 2 is 2.28 bits per heavy atom.